The number of hydrogen-bond acceptors (Lipinski definition) is 4. The van der Waals surface area contributed by atoms with Crippen molar-refractivity contribution in [2.24, 2.45) is 0 Å². The molecule has 0 saturated carbocycles. The van der Waals surface area contributed by atoms with E-state index < -0.39 is 0 Å². The zero-order valence-corrected chi connectivity index (χ0v) is 14.3. The molecule has 5 heteroatoms. The second-order valence-corrected chi connectivity index (χ2v) is 7.42. The van der Waals surface area contributed by atoms with E-state index in [1.165, 1.54) is 0 Å². The molecular weight excluding hydrogens is 290 g/mol. The number of piperazine rings is 2. The summed E-state index contributed by atoms with van der Waals surface area (Å²) in [4.78, 5) is 18.8. The zero-order valence-electron chi connectivity index (χ0n) is 14.3. The second kappa shape index (κ2) is 6.13. The molecule has 23 heavy (non-hydrogen) atoms. The van der Waals surface area contributed by atoms with Crippen LogP contribution >= 0.6 is 0 Å². The SMILES string of the molecule is CC(=O)N1CC2CN(Cc3ccccc3O)CCN2C(C)(C)C1. The molecule has 2 aliphatic heterocycles. The average Bonchev–Trinajstić information content (AvgIpc) is 2.48. The lowest BCUT2D eigenvalue weighted by atomic mass is 9.92. The molecule has 3 rings (SSSR count). The van der Waals surface area contributed by atoms with Crippen molar-refractivity contribution < 1.29 is 9.90 Å². The first-order valence-corrected chi connectivity index (χ1v) is 8.38. The van der Waals surface area contributed by atoms with Crippen molar-refractivity contribution in [3.8, 4) is 5.75 Å². The van der Waals surface area contributed by atoms with Gasteiger partial charge < -0.3 is 10.0 Å². The minimum Gasteiger partial charge on any atom is -0.508 e. The number of hydrogen-bond donors (Lipinski definition) is 1. The van der Waals surface area contributed by atoms with Crippen LogP contribution in [0.1, 0.15) is 26.3 Å². The number of carbonyl (C=O) groups excluding carboxylic acids is 1. The Labute approximate surface area is 138 Å². The molecule has 1 aromatic rings. The third-order valence-corrected chi connectivity index (χ3v) is 5.18. The fourth-order valence-electron chi connectivity index (χ4n) is 4.02. The summed E-state index contributed by atoms with van der Waals surface area (Å²) in [5.74, 6) is 0.528. The first kappa shape index (κ1) is 16.3. The van der Waals surface area contributed by atoms with E-state index in [2.05, 4.69) is 23.6 Å². The smallest absolute Gasteiger partial charge is 0.219 e. The molecule has 0 aromatic heterocycles. The number of nitrogens with zero attached hydrogens (tertiary/aromatic N) is 3. The molecular formula is C18H27N3O2. The Morgan fingerprint density at radius 3 is 2.70 bits per heavy atom. The van der Waals surface area contributed by atoms with E-state index in [1.807, 2.05) is 23.1 Å². The summed E-state index contributed by atoms with van der Waals surface area (Å²) in [6.07, 6.45) is 0. The van der Waals surface area contributed by atoms with Gasteiger partial charge in [-0.15, -0.1) is 0 Å². The van der Waals surface area contributed by atoms with Crippen LogP contribution in [0.4, 0.5) is 0 Å². The van der Waals surface area contributed by atoms with E-state index in [-0.39, 0.29) is 11.4 Å². The molecule has 1 N–H and O–H groups in total. The second-order valence-electron chi connectivity index (χ2n) is 7.42. The summed E-state index contributed by atoms with van der Waals surface area (Å²) >= 11 is 0. The Bertz CT molecular complexity index is 587. The number of fused-ring (bicyclic) bond motifs is 1. The lowest BCUT2D eigenvalue weighted by Crippen LogP contribution is -2.70. The van der Waals surface area contributed by atoms with Crippen molar-refractivity contribution in [2.75, 3.05) is 32.7 Å². The predicted molar refractivity (Wildman–Crippen MR) is 90.2 cm³/mol. The van der Waals surface area contributed by atoms with Crippen LogP contribution in [-0.2, 0) is 11.3 Å². The molecule has 2 saturated heterocycles. The number of benzene rings is 1. The predicted octanol–water partition coefficient (Wildman–Crippen LogP) is 1.52. The van der Waals surface area contributed by atoms with Gasteiger partial charge in [0.1, 0.15) is 5.75 Å². The minimum absolute atomic E-state index is 0.0234. The average molecular weight is 317 g/mol. The topological polar surface area (TPSA) is 47.0 Å². The van der Waals surface area contributed by atoms with Gasteiger partial charge in [0.15, 0.2) is 0 Å². The summed E-state index contributed by atoms with van der Waals surface area (Å²) in [7, 11) is 0. The first-order chi connectivity index (χ1) is 10.9. The fourth-order valence-corrected chi connectivity index (χ4v) is 4.02. The molecule has 0 bridgehead atoms. The summed E-state index contributed by atoms with van der Waals surface area (Å²) in [6, 6.07) is 7.90. The number of carbonyl (C=O) groups is 1. The van der Waals surface area contributed by atoms with Crippen LogP contribution < -0.4 is 0 Å². The third-order valence-electron chi connectivity index (χ3n) is 5.18. The Morgan fingerprint density at radius 2 is 2.00 bits per heavy atom. The van der Waals surface area contributed by atoms with Crippen LogP contribution in [0, 0.1) is 0 Å². The van der Waals surface area contributed by atoms with Gasteiger partial charge in [-0.1, -0.05) is 18.2 Å². The van der Waals surface area contributed by atoms with E-state index in [0.29, 0.717) is 11.8 Å². The van der Waals surface area contributed by atoms with Crippen LogP contribution in [0.15, 0.2) is 24.3 Å². The molecule has 0 spiro atoms. The monoisotopic (exact) mass is 317 g/mol. The highest BCUT2D eigenvalue weighted by molar-refractivity contribution is 5.73. The maximum absolute atomic E-state index is 11.8. The third kappa shape index (κ3) is 3.35. The molecule has 2 aliphatic rings. The molecule has 0 radical (unpaired) electrons. The van der Waals surface area contributed by atoms with E-state index in [0.717, 1.165) is 44.8 Å². The van der Waals surface area contributed by atoms with Gasteiger partial charge >= 0.3 is 0 Å². The van der Waals surface area contributed by atoms with Gasteiger partial charge in [0.25, 0.3) is 0 Å². The molecule has 1 aromatic carbocycles. The molecule has 2 fully saturated rings. The highest BCUT2D eigenvalue weighted by atomic mass is 16.3. The van der Waals surface area contributed by atoms with E-state index >= 15 is 0 Å². The Kier molecular flexibility index (Phi) is 4.34. The highest BCUT2D eigenvalue weighted by Gasteiger charge is 2.43. The minimum atomic E-state index is 0.0234. The standard InChI is InChI=1S/C18H27N3O2/c1-14(22)20-12-16-11-19(8-9-21(16)18(2,3)13-20)10-15-6-4-5-7-17(15)23/h4-7,16,23H,8-13H2,1-3H3. The fraction of sp³-hybridized carbons (Fsp3) is 0.611. The maximum Gasteiger partial charge on any atom is 0.219 e. The zero-order chi connectivity index (χ0) is 16.6. The van der Waals surface area contributed by atoms with Gasteiger partial charge in [0.2, 0.25) is 5.91 Å². The molecule has 5 nitrogen and oxygen atoms in total. The van der Waals surface area contributed by atoms with Crippen LogP contribution in [0.3, 0.4) is 0 Å². The van der Waals surface area contributed by atoms with Gasteiger partial charge in [0.05, 0.1) is 0 Å². The number of aromatic hydroxyl groups is 1. The lowest BCUT2D eigenvalue weighted by Gasteiger charge is -2.55. The summed E-state index contributed by atoms with van der Waals surface area (Å²) in [5, 5.41) is 9.98. The van der Waals surface area contributed by atoms with E-state index in [1.54, 1.807) is 13.0 Å². The van der Waals surface area contributed by atoms with Crippen molar-refractivity contribution in [3.63, 3.8) is 0 Å². The normalized spacial score (nSPS) is 25.2. The number of phenols is 1. The molecule has 1 atom stereocenters. The van der Waals surface area contributed by atoms with E-state index in [9.17, 15) is 9.90 Å². The highest BCUT2D eigenvalue weighted by Crippen LogP contribution is 2.29. The van der Waals surface area contributed by atoms with Crippen LogP contribution in [-0.4, -0.2) is 70.0 Å². The lowest BCUT2D eigenvalue weighted by molar-refractivity contribution is -0.139. The summed E-state index contributed by atoms with van der Waals surface area (Å²) in [5.41, 5.74) is 0.995. The van der Waals surface area contributed by atoms with Crippen LogP contribution in [0.5, 0.6) is 5.75 Å². The van der Waals surface area contributed by atoms with Gasteiger partial charge in [-0.2, -0.15) is 0 Å². The largest absolute Gasteiger partial charge is 0.508 e. The molecule has 2 heterocycles. The Balaban J connectivity index is 1.71. The van der Waals surface area contributed by atoms with Gasteiger partial charge in [-0.25, -0.2) is 0 Å². The van der Waals surface area contributed by atoms with Crippen molar-refractivity contribution in [2.45, 2.75) is 38.9 Å². The molecule has 1 unspecified atom stereocenters. The van der Waals surface area contributed by atoms with Crippen LogP contribution in [0.2, 0.25) is 0 Å². The van der Waals surface area contributed by atoms with Crippen molar-refractivity contribution in [1.29, 1.82) is 0 Å². The van der Waals surface area contributed by atoms with E-state index in [4.69, 9.17) is 0 Å². The Hall–Kier alpha value is -1.59. The van der Waals surface area contributed by atoms with Gasteiger partial charge in [0, 0.05) is 63.3 Å². The number of rotatable bonds is 2. The summed E-state index contributed by atoms with van der Waals surface area (Å²) in [6.45, 7) is 11.4. The first-order valence-electron chi connectivity index (χ1n) is 8.38. The molecule has 0 aliphatic carbocycles. The van der Waals surface area contributed by atoms with Gasteiger partial charge in [-0.3, -0.25) is 14.6 Å². The number of amides is 1. The summed E-state index contributed by atoms with van der Waals surface area (Å²) < 4.78 is 0. The quantitative estimate of drug-likeness (QED) is 0.898. The van der Waals surface area contributed by atoms with Crippen molar-refractivity contribution >= 4 is 5.91 Å². The van der Waals surface area contributed by atoms with Crippen molar-refractivity contribution in [1.82, 2.24) is 14.7 Å². The Morgan fingerprint density at radius 1 is 1.26 bits per heavy atom. The van der Waals surface area contributed by atoms with Gasteiger partial charge in [-0.05, 0) is 19.9 Å². The van der Waals surface area contributed by atoms with Crippen molar-refractivity contribution in [3.05, 3.63) is 29.8 Å². The number of para-hydroxylation sites is 1. The molecule has 126 valence electrons. The maximum atomic E-state index is 11.8. The number of phenolic OH excluding ortho intramolecular Hbond substituents is 1. The molecule has 1 amide bonds. The van der Waals surface area contributed by atoms with Crippen LogP contribution in [0.25, 0.3) is 0 Å².